The van der Waals surface area contributed by atoms with E-state index in [2.05, 4.69) is 36.1 Å². The topological polar surface area (TPSA) is 43.9 Å². The van der Waals surface area contributed by atoms with Gasteiger partial charge in [-0.05, 0) is 12.0 Å². The van der Waals surface area contributed by atoms with E-state index in [0.717, 1.165) is 39.0 Å². The third kappa shape index (κ3) is 5.64. The molecule has 0 atom stereocenters. The summed E-state index contributed by atoms with van der Waals surface area (Å²) >= 11 is 0. The molecule has 1 heterocycles. The van der Waals surface area contributed by atoms with E-state index < -0.39 is 0 Å². The maximum absolute atomic E-state index is 12.3. The first-order chi connectivity index (χ1) is 11.6. The third-order valence-corrected chi connectivity index (χ3v) is 4.55. The van der Waals surface area contributed by atoms with Crippen LogP contribution < -0.4 is 0 Å². The number of unbranched alkanes of at least 4 members (excludes halogenated alkanes) is 1. The van der Waals surface area contributed by atoms with Gasteiger partial charge in [0.2, 0.25) is 11.8 Å². The lowest BCUT2D eigenvalue weighted by atomic mass is 10.2. The van der Waals surface area contributed by atoms with E-state index in [1.54, 1.807) is 11.9 Å². The molecule has 132 valence electrons. The molecule has 1 aromatic carbocycles. The van der Waals surface area contributed by atoms with Crippen molar-refractivity contribution < 1.29 is 9.59 Å². The molecule has 0 aliphatic carbocycles. The number of amides is 2. The van der Waals surface area contributed by atoms with Gasteiger partial charge in [-0.1, -0.05) is 43.7 Å². The molecule has 1 aliphatic rings. The predicted molar refractivity (Wildman–Crippen MR) is 95.5 cm³/mol. The monoisotopic (exact) mass is 331 g/mol. The Labute approximate surface area is 145 Å². The summed E-state index contributed by atoms with van der Waals surface area (Å²) < 4.78 is 0. The van der Waals surface area contributed by atoms with Crippen molar-refractivity contribution in [2.45, 2.75) is 32.7 Å². The van der Waals surface area contributed by atoms with Gasteiger partial charge in [-0.2, -0.15) is 0 Å². The van der Waals surface area contributed by atoms with Crippen molar-refractivity contribution in [2.75, 3.05) is 39.8 Å². The van der Waals surface area contributed by atoms with E-state index in [1.807, 2.05) is 11.0 Å². The van der Waals surface area contributed by atoms with Crippen LogP contribution in [0.5, 0.6) is 0 Å². The Bertz CT molecular complexity index is 525. The van der Waals surface area contributed by atoms with Gasteiger partial charge in [0, 0.05) is 46.3 Å². The van der Waals surface area contributed by atoms with Crippen LogP contribution in [-0.4, -0.2) is 66.3 Å². The summed E-state index contributed by atoms with van der Waals surface area (Å²) in [5.74, 6) is -0.108. The van der Waals surface area contributed by atoms with Gasteiger partial charge < -0.3 is 9.80 Å². The standard InChI is InChI=1S/C19H29N3O2/c1-3-4-10-20(2)18(23)15-19(24)22-13-11-21(12-14-22)16-17-8-6-5-7-9-17/h5-9H,3-4,10-16H2,1-2H3. The van der Waals surface area contributed by atoms with Crippen LogP contribution in [0.25, 0.3) is 0 Å². The van der Waals surface area contributed by atoms with Crippen LogP contribution in [0.15, 0.2) is 30.3 Å². The lowest BCUT2D eigenvalue weighted by Gasteiger charge is -2.35. The first kappa shape index (κ1) is 18.5. The van der Waals surface area contributed by atoms with Crippen molar-refractivity contribution in [1.29, 1.82) is 0 Å². The molecule has 0 bridgehead atoms. The summed E-state index contributed by atoms with van der Waals surface area (Å²) in [6.07, 6.45) is 2.03. The van der Waals surface area contributed by atoms with E-state index >= 15 is 0 Å². The second-order valence-corrected chi connectivity index (χ2v) is 6.49. The fraction of sp³-hybridized carbons (Fsp3) is 0.579. The highest BCUT2D eigenvalue weighted by Gasteiger charge is 2.23. The normalized spacial score (nSPS) is 15.3. The highest BCUT2D eigenvalue weighted by Crippen LogP contribution is 2.10. The summed E-state index contributed by atoms with van der Waals surface area (Å²) in [4.78, 5) is 30.2. The fourth-order valence-corrected chi connectivity index (χ4v) is 2.89. The van der Waals surface area contributed by atoms with E-state index in [4.69, 9.17) is 0 Å². The maximum Gasteiger partial charge on any atom is 0.232 e. The highest BCUT2D eigenvalue weighted by molar-refractivity contribution is 5.96. The van der Waals surface area contributed by atoms with Crippen molar-refractivity contribution in [3.05, 3.63) is 35.9 Å². The molecule has 1 aromatic rings. The predicted octanol–water partition coefficient (Wildman–Crippen LogP) is 1.98. The summed E-state index contributed by atoms with van der Waals surface area (Å²) in [5.41, 5.74) is 1.30. The van der Waals surface area contributed by atoms with Crippen LogP contribution in [0.1, 0.15) is 31.7 Å². The lowest BCUT2D eigenvalue weighted by Crippen LogP contribution is -2.49. The minimum Gasteiger partial charge on any atom is -0.345 e. The van der Waals surface area contributed by atoms with Gasteiger partial charge in [0.1, 0.15) is 6.42 Å². The Hall–Kier alpha value is -1.88. The van der Waals surface area contributed by atoms with Crippen molar-refractivity contribution >= 4 is 11.8 Å². The van der Waals surface area contributed by atoms with E-state index in [1.165, 1.54) is 5.56 Å². The Morgan fingerprint density at radius 3 is 2.38 bits per heavy atom. The van der Waals surface area contributed by atoms with Crippen molar-refractivity contribution in [2.24, 2.45) is 0 Å². The quantitative estimate of drug-likeness (QED) is 0.718. The molecule has 1 saturated heterocycles. The minimum absolute atomic E-state index is 0.00109. The van der Waals surface area contributed by atoms with Gasteiger partial charge in [0.25, 0.3) is 0 Å². The van der Waals surface area contributed by atoms with Gasteiger partial charge >= 0.3 is 0 Å². The summed E-state index contributed by atoms with van der Waals surface area (Å²) in [6, 6.07) is 10.4. The molecule has 5 heteroatoms. The second kappa shape index (κ2) is 9.42. The average molecular weight is 331 g/mol. The zero-order valence-electron chi connectivity index (χ0n) is 14.9. The molecule has 1 fully saturated rings. The number of hydrogen-bond acceptors (Lipinski definition) is 3. The Morgan fingerprint density at radius 1 is 1.08 bits per heavy atom. The minimum atomic E-state index is -0.0693. The van der Waals surface area contributed by atoms with Crippen LogP contribution in [0, 0.1) is 0 Å². The molecule has 0 spiro atoms. The van der Waals surface area contributed by atoms with Crippen LogP contribution in [0.3, 0.4) is 0 Å². The largest absolute Gasteiger partial charge is 0.345 e. The SMILES string of the molecule is CCCCN(C)C(=O)CC(=O)N1CCN(Cc2ccccc2)CC1. The number of hydrogen-bond donors (Lipinski definition) is 0. The van der Waals surface area contributed by atoms with Gasteiger partial charge in [0.15, 0.2) is 0 Å². The molecule has 0 saturated carbocycles. The Balaban J connectivity index is 1.73. The van der Waals surface area contributed by atoms with E-state index in [0.29, 0.717) is 13.1 Å². The summed E-state index contributed by atoms with van der Waals surface area (Å²) in [6.45, 7) is 6.88. The number of carbonyl (C=O) groups is 2. The van der Waals surface area contributed by atoms with Crippen LogP contribution in [0.2, 0.25) is 0 Å². The number of rotatable bonds is 7. The molecule has 0 N–H and O–H groups in total. The molecule has 24 heavy (non-hydrogen) atoms. The number of benzene rings is 1. The van der Waals surface area contributed by atoms with Crippen LogP contribution in [0.4, 0.5) is 0 Å². The van der Waals surface area contributed by atoms with Crippen LogP contribution in [-0.2, 0) is 16.1 Å². The molecule has 0 aromatic heterocycles. The maximum atomic E-state index is 12.3. The molecule has 0 unspecified atom stereocenters. The molecule has 5 nitrogen and oxygen atoms in total. The Kier molecular flexibility index (Phi) is 7.25. The third-order valence-electron chi connectivity index (χ3n) is 4.55. The van der Waals surface area contributed by atoms with E-state index in [9.17, 15) is 9.59 Å². The van der Waals surface area contributed by atoms with Gasteiger partial charge in [-0.3, -0.25) is 14.5 Å². The van der Waals surface area contributed by atoms with E-state index in [-0.39, 0.29) is 18.2 Å². The number of carbonyl (C=O) groups excluding carboxylic acids is 2. The average Bonchev–Trinajstić information content (AvgIpc) is 2.61. The molecular weight excluding hydrogens is 302 g/mol. The number of piperazine rings is 1. The summed E-state index contributed by atoms with van der Waals surface area (Å²) in [7, 11) is 1.78. The smallest absolute Gasteiger partial charge is 0.232 e. The van der Waals surface area contributed by atoms with Crippen LogP contribution >= 0.6 is 0 Å². The highest BCUT2D eigenvalue weighted by atomic mass is 16.2. The molecule has 2 amide bonds. The van der Waals surface area contributed by atoms with Gasteiger partial charge in [-0.25, -0.2) is 0 Å². The first-order valence-corrected chi connectivity index (χ1v) is 8.88. The zero-order chi connectivity index (χ0) is 17.4. The number of nitrogens with zero attached hydrogens (tertiary/aromatic N) is 3. The molecule has 0 radical (unpaired) electrons. The Morgan fingerprint density at radius 2 is 1.75 bits per heavy atom. The van der Waals surface area contributed by atoms with Crippen molar-refractivity contribution in [3.63, 3.8) is 0 Å². The van der Waals surface area contributed by atoms with Gasteiger partial charge in [-0.15, -0.1) is 0 Å². The molecular formula is C19H29N3O2. The molecule has 1 aliphatic heterocycles. The summed E-state index contributed by atoms with van der Waals surface area (Å²) in [5, 5.41) is 0. The second-order valence-electron chi connectivity index (χ2n) is 6.49. The van der Waals surface area contributed by atoms with Crippen molar-refractivity contribution in [3.8, 4) is 0 Å². The fourth-order valence-electron chi connectivity index (χ4n) is 2.89. The van der Waals surface area contributed by atoms with Crippen molar-refractivity contribution in [1.82, 2.24) is 14.7 Å². The zero-order valence-corrected chi connectivity index (χ0v) is 14.9. The first-order valence-electron chi connectivity index (χ1n) is 8.88. The lowest BCUT2D eigenvalue weighted by molar-refractivity contribution is -0.141. The molecule has 2 rings (SSSR count). The van der Waals surface area contributed by atoms with Gasteiger partial charge in [0.05, 0.1) is 0 Å².